The summed E-state index contributed by atoms with van der Waals surface area (Å²) in [6, 6.07) is 10.2. The summed E-state index contributed by atoms with van der Waals surface area (Å²) >= 11 is 0. The van der Waals surface area contributed by atoms with Gasteiger partial charge in [-0.3, -0.25) is 14.5 Å². The Balaban J connectivity index is 0.00000192. The lowest BCUT2D eigenvalue weighted by Gasteiger charge is -2.28. The van der Waals surface area contributed by atoms with Crippen molar-refractivity contribution < 1.29 is 9.59 Å². The standard InChI is InChI=1S/C16H22N4O2.ClH/c17-14-9-19(8-13(14)12-4-2-1-3-5-12)11-16(22)20-7-6-18-15(21)10-20;/h1-5,13-14H,6-11,17H2,(H,18,21);1H/t13-,14+;/m0./s1. The third-order valence-electron chi connectivity index (χ3n) is 4.42. The first kappa shape index (κ1) is 17.7. The Morgan fingerprint density at radius 2 is 2.00 bits per heavy atom. The van der Waals surface area contributed by atoms with Gasteiger partial charge >= 0.3 is 0 Å². The van der Waals surface area contributed by atoms with E-state index in [1.54, 1.807) is 4.90 Å². The molecule has 0 unspecified atom stereocenters. The number of nitrogens with one attached hydrogen (secondary N) is 1. The number of halogens is 1. The predicted octanol–water partition coefficient (Wildman–Crippen LogP) is -0.207. The van der Waals surface area contributed by atoms with Crippen LogP contribution in [0.5, 0.6) is 0 Å². The van der Waals surface area contributed by atoms with Crippen LogP contribution in [0.2, 0.25) is 0 Å². The second-order valence-corrected chi connectivity index (χ2v) is 6.04. The number of likely N-dealkylation sites (tertiary alicyclic amines) is 1. The minimum atomic E-state index is -0.0834. The first-order valence-electron chi connectivity index (χ1n) is 7.71. The Morgan fingerprint density at radius 1 is 1.26 bits per heavy atom. The SMILES string of the molecule is Cl.N[C@@H]1CN(CC(=O)N2CCNC(=O)C2)C[C@H]1c1ccccc1. The Labute approximate surface area is 142 Å². The maximum atomic E-state index is 12.3. The van der Waals surface area contributed by atoms with E-state index in [0.717, 1.165) is 6.54 Å². The molecule has 1 aromatic rings. The third-order valence-corrected chi connectivity index (χ3v) is 4.42. The van der Waals surface area contributed by atoms with E-state index in [1.165, 1.54) is 5.56 Å². The molecular formula is C16H23ClN4O2. The van der Waals surface area contributed by atoms with Crippen LogP contribution >= 0.6 is 12.4 Å². The molecule has 2 amide bonds. The number of hydrogen-bond donors (Lipinski definition) is 2. The van der Waals surface area contributed by atoms with Crippen LogP contribution in [-0.2, 0) is 9.59 Å². The molecule has 2 aliphatic heterocycles. The molecular weight excluding hydrogens is 316 g/mol. The molecule has 0 spiro atoms. The van der Waals surface area contributed by atoms with E-state index in [9.17, 15) is 9.59 Å². The Kier molecular flexibility index (Phi) is 5.98. The van der Waals surface area contributed by atoms with Gasteiger partial charge in [-0.25, -0.2) is 0 Å². The molecule has 126 valence electrons. The largest absolute Gasteiger partial charge is 0.353 e. The van der Waals surface area contributed by atoms with Gasteiger partial charge in [-0.05, 0) is 5.56 Å². The minimum Gasteiger partial charge on any atom is -0.353 e. The summed E-state index contributed by atoms with van der Waals surface area (Å²) in [5, 5.41) is 2.73. The second kappa shape index (κ2) is 7.77. The molecule has 2 heterocycles. The Hall–Kier alpha value is -1.63. The lowest BCUT2D eigenvalue weighted by Crippen LogP contribution is -2.52. The van der Waals surface area contributed by atoms with Crippen molar-refractivity contribution in [2.24, 2.45) is 5.73 Å². The van der Waals surface area contributed by atoms with Gasteiger partial charge in [0.1, 0.15) is 0 Å². The molecule has 23 heavy (non-hydrogen) atoms. The lowest BCUT2D eigenvalue weighted by molar-refractivity contribution is -0.138. The summed E-state index contributed by atoms with van der Waals surface area (Å²) in [5.74, 6) is 0.189. The average molecular weight is 339 g/mol. The number of nitrogens with two attached hydrogens (primary N) is 1. The molecule has 2 aliphatic rings. The van der Waals surface area contributed by atoms with Gasteiger partial charge in [-0.15, -0.1) is 12.4 Å². The predicted molar refractivity (Wildman–Crippen MR) is 90.4 cm³/mol. The summed E-state index contributed by atoms with van der Waals surface area (Å²) in [7, 11) is 0. The summed E-state index contributed by atoms with van der Waals surface area (Å²) < 4.78 is 0. The number of amides is 2. The molecule has 3 N–H and O–H groups in total. The number of benzene rings is 1. The summed E-state index contributed by atoms with van der Waals surface area (Å²) in [4.78, 5) is 27.4. The molecule has 7 heteroatoms. The van der Waals surface area contributed by atoms with Crippen LogP contribution in [-0.4, -0.2) is 66.9 Å². The van der Waals surface area contributed by atoms with Crippen molar-refractivity contribution in [3.8, 4) is 0 Å². The molecule has 3 rings (SSSR count). The molecule has 1 aromatic carbocycles. The number of nitrogens with zero attached hydrogens (tertiary/aromatic N) is 2. The van der Waals surface area contributed by atoms with Gasteiger partial charge in [-0.1, -0.05) is 30.3 Å². The van der Waals surface area contributed by atoms with Crippen LogP contribution in [0.25, 0.3) is 0 Å². The monoisotopic (exact) mass is 338 g/mol. The van der Waals surface area contributed by atoms with E-state index in [-0.39, 0.29) is 42.7 Å². The van der Waals surface area contributed by atoms with Crippen molar-refractivity contribution in [2.75, 3.05) is 39.3 Å². The molecule has 0 bridgehead atoms. The van der Waals surface area contributed by atoms with Gasteiger partial charge in [0.05, 0.1) is 13.1 Å². The van der Waals surface area contributed by atoms with Crippen LogP contribution in [0.15, 0.2) is 30.3 Å². The number of carbonyl (C=O) groups excluding carboxylic acids is 2. The Morgan fingerprint density at radius 3 is 2.70 bits per heavy atom. The van der Waals surface area contributed by atoms with Gasteiger partial charge in [0.15, 0.2) is 0 Å². The zero-order valence-electron chi connectivity index (χ0n) is 13.0. The second-order valence-electron chi connectivity index (χ2n) is 6.04. The maximum absolute atomic E-state index is 12.3. The molecule has 0 radical (unpaired) electrons. The highest BCUT2D eigenvalue weighted by molar-refractivity contribution is 5.86. The Bertz CT molecular complexity index is 554. The molecule has 2 fully saturated rings. The zero-order chi connectivity index (χ0) is 15.5. The summed E-state index contributed by atoms with van der Waals surface area (Å²) in [5.41, 5.74) is 7.47. The average Bonchev–Trinajstić information content (AvgIpc) is 2.88. The van der Waals surface area contributed by atoms with E-state index < -0.39 is 0 Å². The number of rotatable bonds is 3. The fraction of sp³-hybridized carbons (Fsp3) is 0.500. The van der Waals surface area contributed by atoms with Crippen molar-refractivity contribution in [3.63, 3.8) is 0 Å². The zero-order valence-corrected chi connectivity index (χ0v) is 13.8. The highest BCUT2D eigenvalue weighted by Crippen LogP contribution is 2.26. The fourth-order valence-electron chi connectivity index (χ4n) is 3.24. The molecule has 2 atom stereocenters. The normalized spacial score (nSPS) is 24.9. The van der Waals surface area contributed by atoms with Gasteiger partial charge < -0.3 is 16.0 Å². The maximum Gasteiger partial charge on any atom is 0.239 e. The van der Waals surface area contributed by atoms with E-state index >= 15 is 0 Å². The number of piperazine rings is 1. The van der Waals surface area contributed by atoms with Crippen molar-refractivity contribution in [1.29, 1.82) is 0 Å². The van der Waals surface area contributed by atoms with Crippen LogP contribution in [0.4, 0.5) is 0 Å². The van der Waals surface area contributed by atoms with Gasteiger partial charge in [0.2, 0.25) is 11.8 Å². The summed E-state index contributed by atoms with van der Waals surface area (Å²) in [6.07, 6.45) is 0. The van der Waals surface area contributed by atoms with Gasteiger partial charge in [0, 0.05) is 38.1 Å². The van der Waals surface area contributed by atoms with Crippen LogP contribution in [0.1, 0.15) is 11.5 Å². The third kappa shape index (κ3) is 4.22. The molecule has 0 saturated carbocycles. The first-order chi connectivity index (χ1) is 10.6. The van der Waals surface area contributed by atoms with Crippen molar-refractivity contribution in [2.45, 2.75) is 12.0 Å². The summed E-state index contributed by atoms with van der Waals surface area (Å²) in [6.45, 7) is 3.14. The number of hydrogen-bond acceptors (Lipinski definition) is 4. The smallest absolute Gasteiger partial charge is 0.239 e. The van der Waals surface area contributed by atoms with E-state index in [0.29, 0.717) is 26.2 Å². The first-order valence-corrected chi connectivity index (χ1v) is 7.71. The van der Waals surface area contributed by atoms with E-state index in [2.05, 4.69) is 22.3 Å². The van der Waals surface area contributed by atoms with Crippen LogP contribution in [0, 0.1) is 0 Å². The van der Waals surface area contributed by atoms with Gasteiger partial charge in [0.25, 0.3) is 0 Å². The van der Waals surface area contributed by atoms with Gasteiger partial charge in [-0.2, -0.15) is 0 Å². The van der Waals surface area contributed by atoms with Crippen molar-refractivity contribution in [1.82, 2.24) is 15.1 Å². The quantitative estimate of drug-likeness (QED) is 0.799. The fourth-order valence-corrected chi connectivity index (χ4v) is 3.24. The van der Waals surface area contributed by atoms with Crippen molar-refractivity contribution in [3.05, 3.63) is 35.9 Å². The van der Waals surface area contributed by atoms with Crippen LogP contribution in [0.3, 0.4) is 0 Å². The number of carbonyl (C=O) groups is 2. The van der Waals surface area contributed by atoms with Crippen molar-refractivity contribution >= 4 is 24.2 Å². The molecule has 6 nitrogen and oxygen atoms in total. The molecule has 0 aliphatic carbocycles. The molecule has 0 aromatic heterocycles. The topological polar surface area (TPSA) is 78.7 Å². The van der Waals surface area contributed by atoms with Crippen LogP contribution < -0.4 is 11.1 Å². The highest BCUT2D eigenvalue weighted by atomic mass is 35.5. The van der Waals surface area contributed by atoms with E-state index in [4.69, 9.17) is 5.73 Å². The highest BCUT2D eigenvalue weighted by Gasteiger charge is 2.33. The minimum absolute atomic E-state index is 0. The lowest BCUT2D eigenvalue weighted by atomic mass is 9.95. The van der Waals surface area contributed by atoms with E-state index in [1.807, 2.05) is 18.2 Å². The molecule has 2 saturated heterocycles.